The van der Waals surface area contributed by atoms with Crippen molar-refractivity contribution in [2.75, 3.05) is 27.3 Å². The first-order chi connectivity index (χ1) is 9.80. The fourth-order valence-corrected chi connectivity index (χ4v) is 4.24. The van der Waals surface area contributed by atoms with Crippen LogP contribution in [0.25, 0.3) is 0 Å². The Bertz CT molecular complexity index is 612. The van der Waals surface area contributed by atoms with Crippen LogP contribution in [0.2, 0.25) is 0 Å². The monoisotopic (exact) mass is 315 g/mol. The van der Waals surface area contributed by atoms with Gasteiger partial charge in [0.1, 0.15) is 16.4 Å². The van der Waals surface area contributed by atoms with Gasteiger partial charge in [-0.25, -0.2) is 8.42 Å². The Hall–Kier alpha value is -1.31. The lowest BCUT2D eigenvalue weighted by molar-refractivity contribution is 0.00936. The second-order valence-corrected chi connectivity index (χ2v) is 7.36. The van der Waals surface area contributed by atoms with Crippen molar-refractivity contribution in [3.05, 3.63) is 18.2 Å². The normalized spacial score (nSPS) is 23.8. The number of piperidine rings is 1. The highest BCUT2D eigenvalue weighted by Gasteiger charge is 2.36. The van der Waals surface area contributed by atoms with E-state index < -0.39 is 15.6 Å². The minimum Gasteiger partial charge on any atom is -0.497 e. The molecule has 0 spiro atoms. The van der Waals surface area contributed by atoms with E-state index in [0.717, 1.165) is 0 Å². The van der Waals surface area contributed by atoms with Gasteiger partial charge in [-0.3, -0.25) is 0 Å². The van der Waals surface area contributed by atoms with E-state index in [-0.39, 0.29) is 17.2 Å². The summed E-state index contributed by atoms with van der Waals surface area (Å²) in [5, 5.41) is 10.1. The maximum atomic E-state index is 12.7. The zero-order valence-electron chi connectivity index (χ0n) is 12.5. The summed E-state index contributed by atoms with van der Waals surface area (Å²) in [6.07, 6.45) is 1.23. The molecule has 21 heavy (non-hydrogen) atoms. The summed E-state index contributed by atoms with van der Waals surface area (Å²) < 4.78 is 37.0. The molecule has 6 nitrogen and oxygen atoms in total. The van der Waals surface area contributed by atoms with Gasteiger partial charge < -0.3 is 14.6 Å². The molecule has 2 rings (SSSR count). The Morgan fingerprint density at radius 1 is 1.29 bits per heavy atom. The van der Waals surface area contributed by atoms with Gasteiger partial charge in [-0.05, 0) is 31.9 Å². The zero-order valence-corrected chi connectivity index (χ0v) is 13.3. The van der Waals surface area contributed by atoms with Crippen molar-refractivity contribution in [1.29, 1.82) is 0 Å². The Morgan fingerprint density at radius 3 is 2.57 bits per heavy atom. The summed E-state index contributed by atoms with van der Waals surface area (Å²) in [5.74, 6) is 0.760. The SMILES string of the molecule is COc1ccc(S(=O)(=O)N2CCCC(C)(O)C2)c(OC)c1. The molecule has 7 heteroatoms. The number of benzene rings is 1. The van der Waals surface area contributed by atoms with Crippen LogP contribution in [0.15, 0.2) is 23.1 Å². The molecule has 1 aliphatic heterocycles. The minimum absolute atomic E-state index is 0.0866. The average Bonchev–Trinajstić information content (AvgIpc) is 2.45. The van der Waals surface area contributed by atoms with Crippen LogP contribution in [0.5, 0.6) is 11.5 Å². The number of sulfonamides is 1. The summed E-state index contributed by atoms with van der Waals surface area (Å²) in [7, 11) is -0.786. The fourth-order valence-electron chi connectivity index (χ4n) is 2.51. The van der Waals surface area contributed by atoms with E-state index in [0.29, 0.717) is 25.1 Å². The first-order valence-corrected chi connectivity index (χ1v) is 8.19. The molecule has 0 radical (unpaired) electrons. The molecule has 0 aliphatic carbocycles. The molecule has 1 heterocycles. The lowest BCUT2D eigenvalue weighted by Gasteiger charge is -2.36. The van der Waals surface area contributed by atoms with E-state index in [4.69, 9.17) is 9.47 Å². The summed E-state index contributed by atoms with van der Waals surface area (Å²) in [4.78, 5) is 0.0866. The second kappa shape index (κ2) is 5.82. The maximum absolute atomic E-state index is 12.7. The molecule has 1 aliphatic rings. The van der Waals surface area contributed by atoms with Gasteiger partial charge in [-0.2, -0.15) is 4.31 Å². The molecule has 1 aromatic rings. The molecular formula is C14H21NO5S. The number of hydrogen-bond acceptors (Lipinski definition) is 5. The summed E-state index contributed by atoms with van der Waals surface area (Å²) in [6.45, 7) is 2.14. The van der Waals surface area contributed by atoms with Crippen LogP contribution in [-0.2, 0) is 10.0 Å². The lowest BCUT2D eigenvalue weighted by atomic mass is 9.97. The predicted octanol–water partition coefficient (Wildman–Crippen LogP) is 1.24. The summed E-state index contributed by atoms with van der Waals surface area (Å²) in [6, 6.07) is 4.59. The topological polar surface area (TPSA) is 76.1 Å². The van der Waals surface area contributed by atoms with E-state index in [9.17, 15) is 13.5 Å². The molecule has 0 amide bonds. The molecule has 1 unspecified atom stereocenters. The van der Waals surface area contributed by atoms with E-state index in [2.05, 4.69) is 0 Å². The number of ether oxygens (including phenoxy) is 2. The number of β-amino-alcohol motifs (C(OH)–C–C–N with tert-alkyl or cyclic N) is 1. The van der Waals surface area contributed by atoms with Crippen LogP contribution in [-0.4, -0.2) is 50.7 Å². The van der Waals surface area contributed by atoms with Gasteiger partial charge in [0.15, 0.2) is 0 Å². The standard InChI is InChI=1S/C14H21NO5S/c1-14(16)7-4-8-15(10-14)21(17,18)13-6-5-11(19-2)9-12(13)20-3/h5-6,9,16H,4,7-8,10H2,1-3H3. The quantitative estimate of drug-likeness (QED) is 0.904. The van der Waals surface area contributed by atoms with Crippen molar-refractivity contribution >= 4 is 10.0 Å². The molecule has 1 atom stereocenters. The first kappa shape index (κ1) is 16.1. The third-order valence-corrected chi connectivity index (χ3v) is 5.51. The maximum Gasteiger partial charge on any atom is 0.246 e. The van der Waals surface area contributed by atoms with Crippen LogP contribution >= 0.6 is 0 Å². The zero-order chi connectivity index (χ0) is 15.7. The Kier molecular flexibility index (Phi) is 4.46. The Balaban J connectivity index is 2.39. The van der Waals surface area contributed by atoms with Crippen molar-refractivity contribution in [2.24, 2.45) is 0 Å². The molecule has 0 bridgehead atoms. The van der Waals surface area contributed by atoms with Crippen molar-refractivity contribution in [3.8, 4) is 11.5 Å². The molecule has 118 valence electrons. The number of nitrogens with zero attached hydrogens (tertiary/aromatic N) is 1. The number of rotatable bonds is 4. The van der Waals surface area contributed by atoms with Gasteiger partial charge in [-0.1, -0.05) is 0 Å². The van der Waals surface area contributed by atoms with Crippen LogP contribution < -0.4 is 9.47 Å². The van der Waals surface area contributed by atoms with Crippen molar-refractivity contribution < 1.29 is 23.0 Å². The van der Waals surface area contributed by atoms with E-state index in [1.165, 1.54) is 30.7 Å². The highest BCUT2D eigenvalue weighted by Crippen LogP contribution is 2.33. The fraction of sp³-hybridized carbons (Fsp3) is 0.571. The molecule has 0 aromatic heterocycles. The molecule has 1 N–H and O–H groups in total. The predicted molar refractivity (Wildman–Crippen MR) is 78.2 cm³/mol. The van der Waals surface area contributed by atoms with E-state index in [1.54, 1.807) is 13.0 Å². The number of aliphatic hydroxyl groups is 1. The highest BCUT2D eigenvalue weighted by molar-refractivity contribution is 7.89. The van der Waals surface area contributed by atoms with Crippen LogP contribution in [0.4, 0.5) is 0 Å². The third-order valence-electron chi connectivity index (χ3n) is 3.63. The molecule has 1 fully saturated rings. The lowest BCUT2D eigenvalue weighted by Crippen LogP contribution is -2.48. The molecule has 0 saturated carbocycles. The van der Waals surface area contributed by atoms with Gasteiger partial charge in [0, 0.05) is 19.2 Å². The highest BCUT2D eigenvalue weighted by atomic mass is 32.2. The van der Waals surface area contributed by atoms with Gasteiger partial charge >= 0.3 is 0 Å². The number of methoxy groups -OCH3 is 2. The van der Waals surface area contributed by atoms with Crippen molar-refractivity contribution in [1.82, 2.24) is 4.31 Å². The van der Waals surface area contributed by atoms with Crippen LogP contribution in [0, 0.1) is 0 Å². The summed E-state index contributed by atoms with van der Waals surface area (Å²) >= 11 is 0. The largest absolute Gasteiger partial charge is 0.497 e. The summed E-state index contributed by atoms with van der Waals surface area (Å²) in [5.41, 5.74) is -0.995. The van der Waals surface area contributed by atoms with Crippen LogP contribution in [0.1, 0.15) is 19.8 Å². The van der Waals surface area contributed by atoms with E-state index in [1.807, 2.05) is 0 Å². The number of hydrogen-bond donors (Lipinski definition) is 1. The average molecular weight is 315 g/mol. The van der Waals surface area contributed by atoms with Gasteiger partial charge in [0.2, 0.25) is 10.0 Å². The molecule has 1 aromatic carbocycles. The first-order valence-electron chi connectivity index (χ1n) is 6.75. The third kappa shape index (κ3) is 3.30. The minimum atomic E-state index is -3.71. The molecule has 1 saturated heterocycles. The molecular weight excluding hydrogens is 294 g/mol. The Morgan fingerprint density at radius 2 is 2.00 bits per heavy atom. The van der Waals surface area contributed by atoms with Crippen molar-refractivity contribution in [2.45, 2.75) is 30.3 Å². The van der Waals surface area contributed by atoms with Gasteiger partial charge in [-0.15, -0.1) is 0 Å². The van der Waals surface area contributed by atoms with Gasteiger partial charge in [0.05, 0.1) is 19.8 Å². The second-order valence-electron chi connectivity index (χ2n) is 5.46. The van der Waals surface area contributed by atoms with E-state index >= 15 is 0 Å². The Labute approximate surface area is 125 Å². The van der Waals surface area contributed by atoms with Gasteiger partial charge in [0.25, 0.3) is 0 Å². The smallest absolute Gasteiger partial charge is 0.246 e. The van der Waals surface area contributed by atoms with Crippen molar-refractivity contribution in [3.63, 3.8) is 0 Å². The van der Waals surface area contributed by atoms with Crippen LogP contribution in [0.3, 0.4) is 0 Å².